The van der Waals surface area contributed by atoms with Crippen molar-refractivity contribution in [2.45, 2.75) is 25.4 Å². The van der Waals surface area contributed by atoms with Gasteiger partial charge >= 0.3 is 5.69 Å². The topological polar surface area (TPSA) is 131 Å². The molecular weight excluding hydrogens is 382 g/mol. The van der Waals surface area contributed by atoms with Crippen LogP contribution < -0.4 is 17.0 Å². The SMILES string of the molecule is CC(C)Cn1c(N)c(C(=O)CSc2ncnc3c2cnn3C)c(=O)n(C)c1=O. The summed E-state index contributed by atoms with van der Waals surface area (Å²) in [6.07, 6.45) is 3.02. The van der Waals surface area contributed by atoms with Crippen LogP contribution in [-0.2, 0) is 20.6 Å². The lowest BCUT2D eigenvalue weighted by molar-refractivity contribution is 0.102. The molecule has 28 heavy (non-hydrogen) atoms. The fourth-order valence-electron chi connectivity index (χ4n) is 2.85. The molecule has 3 aromatic rings. The molecule has 10 nitrogen and oxygen atoms in total. The molecule has 0 aliphatic rings. The molecule has 0 aliphatic heterocycles. The third kappa shape index (κ3) is 3.44. The second-order valence-corrected chi connectivity index (χ2v) is 7.77. The molecule has 0 saturated carbocycles. The molecule has 0 radical (unpaired) electrons. The largest absolute Gasteiger partial charge is 0.384 e. The van der Waals surface area contributed by atoms with E-state index < -0.39 is 17.0 Å². The van der Waals surface area contributed by atoms with Crippen LogP contribution in [0.15, 0.2) is 27.1 Å². The molecule has 0 unspecified atom stereocenters. The molecule has 148 valence electrons. The smallest absolute Gasteiger partial charge is 0.332 e. The number of nitrogens with zero attached hydrogens (tertiary/aromatic N) is 6. The number of ketones is 1. The maximum Gasteiger partial charge on any atom is 0.332 e. The Bertz CT molecular complexity index is 1180. The summed E-state index contributed by atoms with van der Waals surface area (Å²) in [6, 6.07) is 0. The molecule has 3 heterocycles. The van der Waals surface area contributed by atoms with Crippen LogP contribution in [0.5, 0.6) is 0 Å². The first kappa shape index (κ1) is 19.8. The van der Waals surface area contributed by atoms with Crippen LogP contribution in [0, 0.1) is 5.92 Å². The van der Waals surface area contributed by atoms with Gasteiger partial charge in [-0.05, 0) is 5.92 Å². The number of nitrogens with two attached hydrogens (primary N) is 1. The van der Waals surface area contributed by atoms with E-state index in [0.717, 1.165) is 4.57 Å². The molecule has 0 aromatic carbocycles. The lowest BCUT2D eigenvalue weighted by atomic mass is 10.2. The highest BCUT2D eigenvalue weighted by Gasteiger charge is 2.22. The maximum atomic E-state index is 12.8. The molecule has 0 spiro atoms. The van der Waals surface area contributed by atoms with Crippen molar-refractivity contribution in [2.75, 3.05) is 11.5 Å². The van der Waals surface area contributed by atoms with E-state index in [1.54, 1.807) is 17.9 Å². The van der Waals surface area contributed by atoms with Crippen molar-refractivity contribution in [3.8, 4) is 0 Å². The van der Waals surface area contributed by atoms with Gasteiger partial charge in [0.2, 0.25) is 0 Å². The number of anilines is 1. The molecule has 11 heteroatoms. The molecule has 0 amide bonds. The highest BCUT2D eigenvalue weighted by molar-refractivity contribution is 8.00. The van der Waals surface area contributed by atoms with Gasteiger partial charge < -0.3 is 5.73 Å². The third-order valence-corrected chi connectivity index (χ3v) is 5.25. The van der Waals surface area contributed by atoms with Gasteiger partial charge in [-0.2, -0.15) is 5.10 Å². The van der Waals surface area contributed by atoms with Crippen LogP contribution in [0.4, 0.5) is 5.82 Å². The Hall–Kier alpha value is -2.95. The van der Waals surface area contributed by atoms with Gasteiger partial charge in [-0.1, -0.05) is 25.6 Å². The number of nitrogen functional groups attached to an aromatic ring is 1. The highest BCUT2D eigenvalue weighted by atomic mass is 32.2. The van der Waals surface area contributed by atoms with Crippen molar-refractivity contribution < 1.29 is 4.79 Å². The van der Waals surface area contributed by atoms with Crippen molar-refractivity contribution in [1.29, 1.82) is 0 Å². The minimum absolute atomic E-state index is 0.0552. The predicted octanol–water partition coefficient (Wildman–Crippen LogP) is 0.437. The number of aryl methyl sites for hydroxylation is 1. The number of thioether (sulfide) groups is 1. The first-order valence-corrected chi connectivity index (χ1v) is 9.59. The van der Waals surface area contributed by atoms with Crippen molar-refractivity contribution >= 4 is 34.4 Å². The van der Waals surface area contributed by atoms with E-state index in [9.17, 15) is 14.4 Å². The number of rotatable bonds is 6. The van der Waals surface area contributed by atoms with E-state index in [0.29, 0.717) is 22.6 Å². The molecule has 0 saturated heterocycles. The average Bonchev–Trinajstić information content (AvgIpc) is 3.03. The van der Waals surface area contributed by atoms with Crippen molar-refractivity contribution in [2.24, 2.45) is 20.0 Å². The van der Waals surface area contributed by atoms with Crippen LogP contribution in [0.1, 0.15) is 24.2 Å². The molecule has 0 atom stereocenters. The zero-order valence-electron chi connectivity index (χ0n) is 16.0. The van der Waals surface area contributed by atoms with E-state index in [1.807, 2.05) is 13.8 Å². The Balaban J connectivity index is 1.95. The third-order valence-electron chi connectivity index (χ3n) is 4.24. The van der Waals surface area contributed by atoms with Gasteiger partial charge in [0.15, 0.2) is 11.4 Å². The Morgan fingerprint density at radius 3 is 2.64 bits per heavy atom. The zero-order valence-corrected chi connectivity index (χ0v) is 16.9. The molecule has 3 aromatic heterocycles. The van der Waals surface area contributed by atoms with Crippen LogP contribution in [0.25, 0.3) is 11.0 Å². The van der Waals surface area contributed by atoms with Gasteiger partial charge in [0.25, 0.3) is 5.56 Å². The van der Waals surface area contributed by atoms with Crippen LogP contribution >= 0.6 is 11.8 Å². The highest BCUT2D eigenvalue weighted by Crippen LogP contribution is 2.24. The zero-order chi connectivity index (χ0) is 20.6. The number of hydrogen-bond acceptors (Lipinski definition) is 8. The van der Waals surface area contributed by atoms with Crippen LogP contribution in [0.3, 0.4) is 0 Å². The lowest BCUT2D eigenvalue weighted by Crippen LogP contribution is -2.43. The Morgan fingerprint density at radius 1 is 1.25 bits per heavy atom. The molecule has 3 rings (SSSR count). The van der Waals surface area contributed by atoms with Crippen molar-refractivity contribution in [3.05, 3.63) is 38.9 Å². The minimum Gasteiger partial charge on any atom is -0.384 e. The van der Waals surface area contributed by atoms with Gasteiger partial charge in [-0.15, -0.1) is 0 Å². The summed E-state index contributed by atoms with van der Waals surface area (Å²) in [5, 5.41) is 5.43. The number of fused-ring (bicyclic) bond motifs is 1. The Morgan fingerprint density at radius 2 is 1.96 bits per heavy atom. The van der Waals surface area contributed by atoms with E-state index in [2.05, 4.69) is 15.1 Å². The van der Waals surface area contributed by atoms with Gasteiger partial charge in [-0.25, -0.2) is 14.8 Å². The molecular formula is C17H21N7O3S. The lowest BCUT2D eigenvalue weighted by Gasteiger charge is -2.16. The quantitative estimate of drug-likeness (QED) is 0.356. The number of carbonyl (C=O) groups excluding carboxylic acids is 1. The Kier molecular flexibility index (Phi) is 5.36. The number of hydrogen-bond donors (Lipinski definition) is 1. The monoisotopic (exact) mass is 403 g/mol. The minimum atomic E-state index is -0.692. The van der Waals surface area contributed by atoms with Gasteiger partial charge in [0, 0.05) is 20.6 Å². The number of Topliss-reactive ketones (excluding diaryl/α,β-unsaturated/α-hetero) is 1. The Labute approximate surface area is 164 Å². The fraction of sp³-hybridized carbons (Fsp3) is 0.412. The number of carbonyl (C=O) groups is 1. The second-order valence-electron chi connectivity index (χ2n) is 6.81. The number of aromatic nitrogens is 6. The first-order chi connectivity index (χ1) is 13.2. The van der Waals surface area contributed by atoms with Gasteiger partial charge in [0.1, 0.15) is 22.7 Å². The molecule has 0 aliphatic carbocycles. The molecule has 2 N–H and O–H groups in total. The first-order valence-electron chi connectivity index (χ1n) is 8.60. The summed E-state index contributed by atoms with van der Waals surface area (Å²) < 4.78 is 3.80. The van der Waals surface area contributed by atoms with E-state index in [-0.39, 0.29) is 23.1 Å². The van der Waals surface area contributed by atoms with E-state index in [4.69, 9.17) is 5.73 Å². The van der Waals surface area contributed by atoms with Crippen molar-refractivity contribution in [3.63, 3.8) is 0 Å². The summed E-state index contributed by atoms with van der Waals surface area (Å²) in [6.45, 7) is 4.15. The fourth-order valence-corrected chi connectivity index (χ4v) is 3.68. The second kappa shape index (κ2) is 7.58. The van der Waals surface area contributed by atoms with Crippen LogP contribution in [-0.4, -0.2) is 40.4 Å². The average molecular weight is 403 g/mol. The summed E-state index contributed by atoms with van der Waals surface area (Å²) >= 11 is 1.17. The predicted molar refractivity (Wildman–Crippen MR) is 107 cm³/mol. The van der Waals surface area contributed by atoms with Gasteiger partial charge in [0.05, 0.1) is 17.3 Å². The van der Waals surface area contributed by atoms with E-state index in [1.165, 1.54) is 29.7 Å². The summed E-state index contributed by atoms with van der Waals surface area (Å²) in [5.41, 5.74) is 5.29. The molecule has 0 fully saturated rings. The normalized spacial score (nSPS) is 11.5. The molecule has 0 bridgehead atoms. The summed E-state index contributed by atoms with van der Waals surface area (Å²) in [5.74, 6) is -0.493. The maximum absolute atomic E-state index is 12.8. The summed E-state index contributed by atoms with van der Waals surface area (Å²) in [7, 11) is 3.10. The standard InChI is InChI=1S/C17H21N7O3S/c1-9(2)6-24-13(18)12(16(26)22(3)17(24)27)11(25)7-28-15-10-5-21-23(4)14(10)19-8-20-15/h5,8-9H,6-7,18H2,1-4H3. The van der Waals surface area contributed by atoms with E-state index >= 15 is 0 Å². The van der Waals surface area contributed by atoms with Gasteiger partial charge in [-0.3, -0.25) is 23.4 Å². The summed E-state index contributed by atoms with van der Waals surface area (Å²) in [4.78, 5) is 46.0. The van der Waals surface area contributed by atoms with Crippen LogP contribution in [0.2, 0.25) is 0 Å². The van der Waals surface area contributed by atoms with Crippen molar-refractivity contribution in [1.82, 2.24) is 28.9 Å².